The van der Waals surface area contributed by atoms with E-state index in [0.717, 1.165) is 0 Å². The highest BCUT2D eigenvalue weighted by Crippen LogP contribution is 2.21. The second kappa shape index (κ2) is 6.97. The lowest BCUT2D eigenvalue weighted by molar-refractivity contribution is -0.124. The van der Waals surface area contributed by atoms with Gasteiger partial charge in [-0.3, -0.25) is 4.79 Å². The van der Waals surface area contributed by atoms with Crippen molar-refractivity contribution in [3.63, 3.8) is 0 Å². The summed E-state index contributed by atoms with van der Waals surface area (Å²) in [6.07, 6.45) is 0.368. The molecule has 1 aromatic carbocycles. The van der Waals surface area contributed by atoms with Gasteiger partial charge in [0.2, 0.25) is 0 Å². The highest BCUT2D eigenvalue weighted by atomic mass is 35.5. The average molecular weight is 383 g/mol. The number of benzene rings is 1. The molecule has 0 saturated carbocycles. The number of amides is 1. The van der Waals surface area contributed by atoms with Crippen molar-refractivity contribution in [1.82, 2.24) is 10.3 Å². The van der Waals surface area contributed by atoms with Crippen molar-refractivity contribution >= 4 is 44.2 Å². The number of halogens is 1. The van der Waals surface area contributed by atoms with Gasteiger partial charge in [0, 0.05) is 11.4 Å². The molecule has 1 aliphatic heterocycles. The molecule has 25 heavy (non-hydrogen) atoms. The molecule has 1 atom stereocenters. The maximum atomic E-state index is 12.3. The van der Waals surface area contributed by atoms with Gasteiger partial charge in [-0.2, -0.15) is 0 Å². The number of nitrogens with zero attached hydrogens (tertiary/aromatic N) is 1. The Morgan fingerprint density at radius 1 is 1.32 bits per heavy atom. The Hall–Kier alpha value is -2.19. The molecule has 2 heterocycles. The van der Waals surface area contributed by atoms with Crippen LogP contribution in [-0.2, 0) is 19.4 Å². The first-order valence-corrected chi connectivity index (χ1v) is 9.76. The lowest BCUT2D eigenvalue weighted by Crippen LogP contribution is -2.38. The van der Waals surface area contributed by atoms with Crippen molar-refractivity contribution < 1.29 is 22.7 Å². The summed E-state index contributed by atoms with van der Waals surface area (Å²) in [5.41, 5.74) is 0.759. The lowest BCUT2D eigenvalue weighted by atomic mass is 10.1. The second-order valence-electron chi connectivity index (χ2n) is 5.75. The van der Waals surface area contributed by atoms with Gasteiger partial charge in [-0.05, 0) is 18.6 Å². The number of hydrogen-bond acceptors (Lipinski definition) is 6. The average Bonchev–Trinajstić information content (AvgIpc) is 2.90. The van der Waals surface area contributed by atoms with Crippen LogP contribution in [0.5, 0.6) is 0 Å². The van der Waals surface area contributed by atoms with Gasteiger partial charge in [0.25, 0.3) is 5.91 Å². The van der Waals surface area contributed by atoms with Crippen molar-refractivity contribution in [2.45, 2.75) is 12.5 Å². The van der Waals surface area contributed by atoms with Crippen LogP contribution in [0, 0.1) is 0 Å². The van der Waals surface area contributed by atoms with Crippen LogP contribution in [0.4, 0.5) is 0 Å². The van der Waals surface area contributed by atoms with Gasteiger partial charge in [0.15, 0.2) is 16.4 Å². The van der Waals surface area contributed by atoms with E-state index in [4.69, 9.17) is 16.3 Å². The Bertz CT molecular complexity index is 945. The summed E-state index contributed by atoms with van der Waals surface area (Å²) in [4.78, 5) is 28.2. The summed E-state index contributed by atoms with van der Waals surface area (Å²) in [5.74, 6) is -1.27. The van der Waals surface area contributed by atoms with Crippen LogP contribution in [0.1, 0.15) is 16.8 Å². The number of nitrogens with one attached hydrogen (secondary N) is 1. The third-order valence-electron chi connectivity index (χ3n) is 3.84. The Balaban J connectivity index is 1.64. The number of rotatable bonds is 4. The van der Waals surface area contributed by atoms with Gasteiger partial charge >= 0.3 is 5.97 Å². The molecular weight excluding hydrogens is 368 g/mol. The normalized spacial score (nSPS) is 18.8. The minimum absolute atomic E-state index is 0.0548. The molecule has 0 bridgehead atoms. The molecule has 1 amide bonds. The molecule has 0 spiro atoms. The fraction of sp³-hybridized carbons (Fsp3) is 0.312. The molecule has 0 aliphatic carbocycles. The van der Waals surface area contributed by atoms with Gasteiger partial charge in [-0.1, -0.05) is 29.8 Å². The highest BCUT2D eigenvalue weighted by molar-refractivity contribution is 7.91. The standard InChI is InChI=1S/C16H15ClN2O5S/c17-14-7-12(11-3-1-2-4-13(11)19-14)16(21)24-8-15(20)18-10-5-6-25(22,23)9-10/h1-4,7,10H,5-6,8-9H2,(H,18,20)/t10-/m0/s1. The van der Waals surface area contributed by atoms with Crippen LogP contribution < -0.4 is 5.32 Å². The summed E-state index contributed by atoms with van der Waals surface area (Å²) in [5, 5.41) is 3.27. The first-order chi connectivity index (χ1) is 11.8. The highest BCUT2D eigenvalue weighted by Gasteiger charge is 2.29. The topological polar surface area (TPSA) is 102 Å². The van der Waals surface area contributed by atoms with Crippen molar-refractivity contribution in [2.75, 3.05) is 18.1 Å². The summed E-state index contributed by atoms with van der Waals surface area (Å²) in [6, 6.07) is 7.89. The minimum atomic E-state index is -3.09. The predicted octanol–water partition coefficient (Wildman–Crippen LogP) is 1.35. The zero-order chi connectivity index (χ0) is 18.0. The lowest BCUT2D eigenvalue weighted by Gasteiger charge is -2.11. The van der Waals surface area contributed by atoms with Crippen LogP contribution in [0.3, 0.4) is 0 Å². The summed E-state index contributed by atoms with van der Waals surface area (Å²) < 4.78 is 27.8. The van der Waals surface area contributed by atoms with E-state index in [1.54, 1.807) is 24.3 Å². The Morgan fingerprint density at radius 3 is 2.80 bits per heavy atom. The van der Waals surface area contributed by atoms with Crippen LogP contribution in [-0.4, -0.2) is 49.4 Å². The van der Waals surface area contributed by atoms with E-state index in [1.807, 2.05) is 0 Å². The fourth-order valence-electron chi connectivity index (χ4n) is 2.70. The number of aromatic nitrogens is 1. The molecule has 2 aromatic rings. The molecule has 1 aliphatic rings. The third kappa shape index (κ3) is 4.26. The molecule has 1 aromatic heterocycles. The number of pyridine rings is 1. The van der Waals surface area contributed by atoms with E-state index in [0.29, 0.717) is 17.3 Å². The second-order valence-corrected chi connectivity index (χ2v) is 8.37. The number of hydrogen-bond donors (Lipinski definition) is 1. The zero-order valence-corrected chi connectivity index (χ0v) is 14.6. The summed E-state index contributed by atoms with van der Waals surface area (Å²) in [6.45, 7) is -0.496. The van der Waals surface area contributed by atoms with E-state index in [-0.39, 0.29) is 22.2 Å². The molecule has 132 valence electrons. The van der Waals surface area contributed by atoms with Gasteiger partial charge in [0.05, 0.1) is 22.6 Å². The Labute approximate surface area is 149 Å². The van der Waals surface area contributed by atoms with Gasteiger partial charge in [-0.15, -0.1) is 0 Å². The zero-order valence-electron chi connectivity index (χ0n) is 13.1. The van der Waals surface area contributed by atoms with Crippen molar-refractivity contribution in [2.24, 2.45) is 0 Å². The van der Waals surface area contributed by atoms with E-state index in [9.17, 15) is 18.0 Å². The number of para-hydroxylation sites is 1. The van der Waals surface area contributed by atoms with E-state index < -0.39 is 34.4 Å². The SMILES string of the molecule is O=C(COC(=O)c1cc(Cl)nc2ccccc12)N[C@H]1CCS(=O)(=O)C1. The largest absolute Gasteiger partial charge is 0.452 e. The minimum Gasteiger partial charge on any atom is -0.452 e. The van der Waals surface area contributed by atoms with Crippen LogP contribution in [0.15, 0.2) is 30.3 Å². The molecule has 0 radical (unpaired) electrons. The van der Waals surface area contributed by atoms with Crippen molar-refractivity contribution in [3.05, 3.63) is 41.0 Å². The Morgan fingerprint density at radius 2 is 2.08 bits per heavy atom. The van der Waals surface area contributed by atoms with Gasteiger partial charge < -0.3 is 10.1 Å². The quantitative estimate of drug-likeness (QED) is 0.632. The fourth-order valence-corrected chi connectivity index (χ4v) is 4.57. The van der Waals surface area contributed by atoms with Crippen molar-refractivity contribution in [3.8, 4) is 0 Å². The third-order valence-corrected chi connectivity index (χ3v) is 5.80. The van der Waals surface area contributed by atoms with Gasteiger partial charge in [-0.25, -0.2) is 18.2 Å². The smallest absolute Gasteiger partial charge is 0.339 e. The molecular formula is C16H15ClN2O5S. The maximum absolute atomic E-state index is 12.3. The summed E-state index contributed by atoms with van der Waals surface area (Å²) >= 11 is 5.92. The summed E-state index contributed by atoms with van der Waals surface area (Å²) in [7, 11) is -3.09. The molecule has 9 heteroatoms. The van der Waals surface area contributed by atoms with E-state index in [2.05, 4.69) is 10.3 Å². The first-order valence-electron chi connectivity index (χ1n) is 7.56. The molecule has 1 fully saturated rings. The molecule has 7 nitrogen and oxygen atoms in total. The maximum Gasteiger partial charge on any atom is 0.339 e. The number of esters is 1. The number of fused-ring (bicyclic) bond motifs is 1. The molecule has 3 rings (SSSR count). The van der Waals surface area contributed by atoms with Crippen LogP contribution in [0.2, 0.25) is 5.15 Å². The number of ether oxygens (including phenoxy) is 1. The molecule has 1 N–H and O–H groups in total. The molecule has 0 unspecified atom stereocenters. The first kappa shape index (κ1) is 17.6. The molecule has 1 saturated heterocycles. The Kier molecular flexibility index (Phi) is 4.91. The van der Waals surface area contributed by atoms with Gasteiger partial charge in [0.1, 0.15) is 5.15 Å². The monoisotopic (exact) mass is 382 g/mol. The predicted molar refractivity (Wildman–Crippen MR) is 92.2 cm³/mol. The number of carbonyl (C=O) groups excluding carboxylic acids is 2. The number of carbonyl (C=O) groups is 2. The van der Waals surface area contributed by atoms with Crippen LogP contribution >= 0.6 is 11.6 Å². The van der Waals surface area contributed by atoms with E-state index in [1.165, 1.54) is 6.07 Å². The number of sulfone groups is 1. The van der Waals surface area contributed by atoms with Crippen molar-refractivity contribution in [1.29, 1.82) is 0 Å². The van der Waals surface area contributed by atoms with E-state index >= 15 is 0 Å². The van der Waals surface area contributed by atoms with Crippen LogP contribution in [0.25, 0.3) is 10.9 Å².